The normalized spacial score (nSPS) is 19.7. The van der Waals surface area contributed by atoms with Crippen LogP contribution in [0, 0.1) is 0 Å². The summed E-state index contributed by atoms with van der Waals surface area (Å²) >= 11 is 0. The number of methoxy groups -OCH3 is 2. The summed E-state index contributed by atoms with van der Waals surface area (Å²) in [4.78, 5) is 26.0. The summed E-state index contributed by atoms with van der Waals surface area (Å²) in [7, 11) is 4.46. The maximum Gasteiger partial charge on any atom is 0.338 e. The standard InChI is InChI=1S/C17H24N2O4/c1-6-8-10-12(9-7-2)15-14(16(20)23-5)13(11-22-4)18-17(21)19(15)3/h6-10,15H,11H2,1-5H3,(H,18,21)/b8-6-,9-7-,12-10+/t15-/m0/s1. The summed E-state index contributed by atoms with van der Waals surface area (Å²) in [6.07, 6.45) is 9.34. The molecule has 2 amide bonds. The van der Waals surface area contributed by atoms with Crippen LogP contribution >= 0.6 is 0 Å². The Kier molecular flexibility index (Phi) is 7.28. The van der Waals surface area contributed by atoms with Gasteiger partial charge in [-0.1, -0.05) is 30.4 Å². The quantitative estimate of drug-likeness (QED) is 0.601. The van der Waals surface area contributed by atoms with E-state index in [0.29, 0.717) is 11.3 Å². The van der Waals surface area contributed by atoms with Gasteiger partial charge in [0, 0.05) is 14.2 Å². The van der Waals surface area contributed by atoms with E-state index in [9.17, 15) is 9.59 Å². The number of hydrogen-bond acceptors (Lipinski definition) is 4. The predicted molar refractivity (Wildman–Crippen MR) is 88.7 cm³/mol. The van der Waals surface area contributed by atoms with Gasteiger partial charge in [-0.15, -0.1) is 0 Å². The smallest absolute Gasteiger partial charge is 0.338 e. The highest BCUT2D eigenvalue weighted by atomic mass is 16.5. The van der Waals surface area contributed by atoms with Gasteiger partial charge < -0.3 is 19.7 Å². The van der Waals surface area contributed by atoms with E-state index in [1.807, 2.05) is 44.2 Å². The zero-order valence-electron chi connectivity index (χ0n) is 14.3. The third-order valence-electron chi connectivity index (χ3n) is 3.41. The van der Waals surface area contributed by atoms with Gasteiger partial charge in [0.25, 0.3) is 0 Å². The molecule has 0 aromatic heterocycles. The first-order valence-electron chi connectivity index (χ1n) is 7.31. The van der Waals surface area contributed by atoms with Crippen LogP contribution in [0.4, 0.5) is 4.79 Å². The van der Waals surface area contributed by atoms with Gasteiger partial charge in [-0.2, -0.15) is 0 Å². The van der Waals surface area contributed by atoms with Crippen molar-refractivity contribution in [1.29, 1.82) is 0 Å². The number of amides is 2. The zero-order chi connectivity index (χ0) is 17.4. The summed E-state index contributed by atoms with van der Waals surface area (Å²) < 4.78 is 10.0. The second-order valence-corrected chi connectivity index (χ2v) is 4.95. The first-order valence-corrected chi connectivity index (χ1v) is 7.31. The molecule has 1 atom stereocenters. The van der Waals surface area contributed by atoms with Crippen molar-refractivity contribution < 1.29 is 19.1 Å². The first-order chi connectivity index (χ1) is 11.0. The molecule has 0 aromatic carbocycles. The van der Waals surface area contributed by atoms with Crippen molar-refractivity contribution in [3.63, 3.8) is 0 Å². The lowest BCUT2D eigenvalue weighted by Gasteiger charge is -2.36. The summed E-state index contributed by atoms with van der Waals surface area (Å²) in [6, 6.07) is -0.848. The van der Waals surface area contributed by atoms with Crippen LogP contribution in [0.5, 0.6) is 0 Å². The fourth-order valence-corrected chi connectivity index (χ4v) is 2.39. The zero-order valence-corrected chi connectivity index (χ0v) is 14.3. The Morgan fingerprint density at radius 1 is 1.30 bits per heavy atom. The van der Waals surface area contributed by atoms with E-state index in [4.69, 9.17) is 9.47 Å². The van der Waals surface area contributed by atoms with Gasteiger partial charge in [0.15, 0.2) is 0 Å². The van der Waals surface area contributed by atoms with Crippen molar-refractivity contribution >= 4 is 12.0 Å². The largest absolute Gasteiger partial charge is 0.466 e. The van der Waals surface area contributed by atoms with Crippen LogP contribution in [0.2, 0.25) is 0 Å². The molecule has 1 aliphatic heterocycles. The molecule has 1 heterocycles. The van der Waals surface area contributed by atoms with Gasteiger partial charge in [-0.3, -0.25) is 0 Å². The van der Waals surface area contributed by atoms with Crippen LogP contribution in [0.25, 0.3) is 0 Å². The highest BCUT2D eigenvalue weighted by Gasteiger charge is 2.37. The Labute approximate surface area is 137 Å². The highest BCUT2D eigenvalue weighted by molar-refractivity contribution is 5.96. The highest BCUT2D eigenvalue weighted by Crippen LogP contribution is 2.27. The van der Waals surface area contributed by atoms with Crippen molar-refractivity contribution in [2.24, 2.45) is 0 Å². The molecule has 1 N–H and O–H groups in total. The van der Waals surface area contributed by atoms with Gasteiger partial charge in [0.05, 0.1) is 31.0 Å². The molecule has 0 fully saturated rings. The van der Waals surface area contributed by atoms with Crippen LogP contribution in [0.1, 0.15) is 13.8 Å². The first kappa shape index (κ1) is 18.7. The Hall–Kier alpha value is -2.34. The lowest BCUT2D eigenvalue weighted by Crippen LogP contribution is -2.52. The maximum absolute atomic E-state index is 12.3. The molecule has 0 aliphatic carbocycles. The van der Waals surface area contributed by atoms with E-state index < -0.39 is 12.0 Å². The minimum absolute atomic E-state index is 0.118. The number of carbonyl (C=O) groups is 2. The third kappa shape index (κ3) is 4.32. The summed E-state index contributed by atoms with van der Waals surface area (Å²) in [5, 5.41) is 2.69. The molecule has 0 aromatic rings. The SMILES string of the molecule is C\C=C/C=C(\C=C/C)[C@H]1C(C(=O)OC)=C(COC)NC(=O)N1C. The molecular weight excluding hydrogens is 296 g/mol. The molecule has 1 rings (SSSR count). The molecular formula is C17H24N2O4. The number of esters is 1. The number of hydrogen-bond donors (Lipinski definition) is 1. The number of urea groups is 1. The Morgan fingerprint density at radius 2 is 2.00 bits per heavy atom. The molecule has 1 aliphatic rings. The Bertz CT molecular complexity index is 573. The number of ether oxygens (including phenoxy) is 2. The number of rotatable bonds is 6. The molecule has 0 saturated carbocycles. The van der Waals surface area contributed by atoms with Gasteiger partial charge in [0.2, 0.25) is 0 Å². The molecule has 126 valence electrons. The van der Waals surface area contributed by atoms with Gasteiger partial charge in [0.1, 0.15) is 0 Å². The molecule has 0 radical (unpaired) electrons. The average molecular weight is 320 g/mol. The summed E-state index contributed by atoms with van der Waals surface area (Å²) in [5.74, 6) is -0.496. The van der Waals surface area contributed by atoms with Crippen molar-refractivity contribution in [1.82, 2.24) is 10.2 Å². The molecule has 23 heavy (non-hydrogen) atoms. The van der Waals surface area contributed by atoms with E-state index >= 15 is 0 Å². The Balaban J connectivity index is 3.54. The second-order valence-electron chi connectivity index (χ2n) is 4.95. The van der Waals surface area contributed by atoms with E-state index in [1.165, 1.54) is 19.1 Å². The van der Waals surface area contributed by atoms with Crippen molar-refractivity contribution in [2.45, 2.75) is 19.9 Å². The number of likely N-dealkylation sites (N-methyl/N-ethyl adjacent to an activating group) is 1. The van der Waals surface area contributed by atoms with E-state index in [1.54, 1.807) is 7.05 Å². The minimum Gasteiger partial charge on any atom is -0.466 e. The average Bonchev–Trinajstić information content (AvgIpc) is 2.54. The van der Waals surface area contributed by atoms with Crippen molar-refractivity contribution in [2.75, 3.05) is 27.9 Å². The fourth-order valence-electron chi connectivity index (χ4n) is 2.39. The lowest BCUT2D eigenvalue weighted by atomic mass is 9.93. The van der Waals surface area contributed by atoms with E-state index in [-0.39, 0.29) is 12.6 Å². The van der Waals surface area contributed by atoms with Gasteiger partial charge in [-0.25, -0.2) is 9.59 Å². The molecule has 0 spiro atoms. The summed E-state index contributed by atoms with van der Waals surface area (Å²) in [5.41, 5.74) is 1.59. The Morgan fingerprint density at radius 3 is 2.52 bits per heavy atom. The van der Waals surface area contributed by atoms with E-state index in [0.717, 1.165) is 5.57 Å². The van der Waals surface area contributed by atoms with Crippen LogP contribution < -0.4 is 5.32 Å². The van der Waals surface area contributed by atoms with Gasteiger partial charge >= 0.3 is 12.0 Å². The summed E-state index contributed by atoms with van der Waals surface area (Å²) in [6.45, 7) is 3.89. The van der Waals surface area contributed by atoms with Crippen LogP contribution in [-0.4, -0.2) is 50.8 Å². The monoisotopic (exact) mass is 320 g/mol. The van der Waals surface area contributed by atoms with Crippen LogP contribution in [0.15, 0.2) is 47.2 Å². The molecule has 6 heteroatoms. The maximum atomic E-state index is 12.3. The minimum atomic E-state index is -0.547. The van der Waals surface area contributed by atoms with E-state index in [2.05, 4.69) is 5.32 Å². The van der Waals surface area contributed by atoms with Crippen molar-refractivity contribution in [3.05, 3.63) is 47.2 Å². The number of nitrogens with one attached hydrogen (secondary N) is 1. The third-order valence-corrected chi connectivity index (χ3v) is 3.41. The molecule has 0 saturated heterocycles. The molecule has 0 bridgehead atoms. The number of carbonyl (C=O) groups excluding carboxylic acids is 2. The van der Waals surface area contributed by atoms with Crippen LogP contribution in [0.3, 0.4) is 0 Å². The molecule has 6 nitrogen and oxygen atoms in total. The predicted octanol–water partition coefficient (Wildman–Crippen LogP) is 2.16. The van der Waals surface area contributed by atoms with Crippen molar-refractivity contribution in [3.8, 4) is 0 Å². The number of allylic oxidation sites excluding steroid dienone is 4. The second kappa shape index (κ2) is 8.95. The van der Waals surface area contributed by atoms with Crippen LogP contribution in [-0.2, 0) is 14.3 Å². The topological polar surface area (TPSA) is 67.9 Å². The molecule has 0 unspecified atom stereocenters. The fraction of sp³-hybridized carbons (Fsp3) is 0.412. The van der Waals surface area contributed by atoms with Gasteiger partial charge in [-0.05, 0) is 19.4 Å². The lowest BCUT2D eigenvalue weighted by molar-refractivity contribution is -0.136. The number of nitrogens with zero attached hydrogens (tertiary/aromatic N) is 1.